The van der Waals surface area contributed by atoms with Gasteiger partial charge in [0.1, 0.15) is 0 Å². The molecule has 1 aliphatic heterocycles. The lowest BCUT2D eigenvalue weighted by atomic mass is 10.1. The van der Waals surface area contributed by atoms with E-state index in [-0.39, 0.29) is 5.91 Å². The summed E-state index contributed by atoms with van der Waals surface area (Å²) in [4.78, 5) is 14.5. The molecule has 3 nitrogen and oxygen atoms in total. The van der Waals surface area contributed by atoms with Crippen molar-refractivity contribution in [2.24, 2.45) is 0 Å². The van der Waals surface area contributed by atoms with E-state index < -0.39 is 0 Å². The molecule has 1 amide bonds. The van der Waals surface area contributed by atoms with Crippen molar-refractivity contribution in [2.75, 3.05) is 16.8 Å². The third-order valence-corrected chi connectivity index (χ3v) is 4.56. The maximum Gasteiger partial charge on any atom is 0.228 e. The van der Waals surface area contributed by atoms with Gasteiger partial charge in [-0.05, 0) is 47.9 Å². The van der Waals surface area contributed by atoms with E-state index >= 15 is 0 Å². The maximum atomic E-state index is 12.2. The standard InChI is InChI=1S/C22H20N2O/c25-22(16-17-6-2-1-3-7-17)23-19-10-12-20(13-11-19)24-15-14-18-8-4-5-9-21(18)24/h1-13H,14-16H2,(H,23,25). The number of hydrogen-bond acceptors (Lipinski definition) is 2. The minimum Gasteiger partial charge on any atom is -0.341 e. The molecule has 0 saturated carbocycles. The highest BCUT2D eigenvalue weighted by Gasteiger charge is 2.19. The highest BCUT2D eigenvalue weighted by atomic mass is 16.1. The number of benzene rings is 3. The Labute approximate surface area is 147 Å². The molecular formula is C22H20N2O. The smallest absolute Gasteiger partial charge is 0.228 e. The second-order valence-corrected chi connectivity index (χ2v) is 6.29. The van der Waals surface area contributed by atoms with Crippen molar-refractivity contribution in [1.82, 2.24) is 0 Å². The van der Waals surface area contributed by atoms with E-state index in [1.165, 1.54) is 11.3 Å². The van der Waals surface area contributed by atoms with Crippen molar-refractivity contribution in [3.05, 3.63) is 90.0 Å². The lowest BCUT2D eigenvalue weighted by Gasteiger charge is -2.20. The predicted octanol–water partition coefficient (Wildman–Crippen LogP) is 4.56. The highest BCUT2D eigenvalue weighted by Crippen LogP contribution is 2.34. The number of rotatable bonds is 4. The summed E-state index contributed by atoms with van der Waals surface area (Å²) in [5.74, 6) is 0.00506. The Morgan fingerprint density at radius 1 is 0.880 bits per heavy atom. The van der Waals surface area contributed by atoms with Gasteiger partial charge in [0.15, 0.2) is 0 Å². The molecule has 0 atom stereocenters. The van der Waals surface area contributed by atoms with E-state index in [0.29, 0.717) is 6.42 Å². The molecule has 0 spiro atoms. The molecule has 0 bridgehead atoms. The van der Waals surface area contributed by atoms with Crippen LogP contribution in [0.3, 0.4) is 0 Å². The van der Waals surface area contributed by atoms with E-state index in [1.54, 1.807) is 0 Å². The molecule has 25 heavy (non-hydrogen) atoms. The summed E-state index contributed by atoms with van der Waals surface area (Å²) in [6, 6.07) is 26.4. The maximum absolute atomic E-state index is 12.2. The van der Waals surface area contributed by atoms with Crippen LogP contribution in [0.15, 0.2) is 78.9 Å². The fraction of sp³-hybridized carbons (Fsp3) is 0.136. The van der Waals surface area contributed by atoms with Crippen molar-refractivity contribution in [1.29, 1.82) is 0 Å². The van der Waals surface area contributed by atoms with Gasteiger partial charge in [-0.25, -0.2) is 0 Å². The summed E-state index contributed by atoms with van der Waals surface area (Å²) in [7, 11) is 0. The Kier molecular flexibility index (Phi) is 4.21. The number of para-hydroxylation sites is 1. The second-order valence-electron chi connectivity index (χ2n) is 6.29. The summed E-state index contributed by atoms with van der Waals surface area (Å²) < 4.78 is 0. The molecule has 3 heteroatoms. The van der Waals surface area contributed by atoms with Crippen LogP contribution < -0.4 is 10.2 Å². The molecule has 0 unspecified atom stereocenters. The van der Waals surface area contributed by atoms with Crippen LogP contribution in [0, 0.1) is 0 Å². The van der Waals surface area contributed by atoms with Crippen LogP contribution in [-0.2, 0) is 17.6 Å². The van der Waals surface area contributed by atoms with Crippen molar-refractivity contribution in [2.45, 2.75) is 12.8 Å². The number of anilines is 3. The number of nitrogens with zero attached hydrogens (tertiary/aromatic N) is 1. The molecule has 0 radical (unpaired) electrons. The van der Waals surface area contributed by atoms with Gasteiger partial charge in [0.25, 0.3) is 0 Å². The molecule has 0 aromatic heterocycles. The summed E-state index contributed by atoms with van der Waals surface area (Å²) in [6.45, 7) is 0.999. The topological polar surface area (TPSA) is 32.3 Å². The van der Waals surface area contributed by atoms with E-state index in [0.717, 1.165) is 29.9 Å². The van der Waals surface area contributed by atoms with Crippen LogP contribution in [-0.4, -0.2) is 12.5 Å². The van der Waals surface area contributed by atoms with Crippen LogP contribution in [0.1, 0.15) is 11.1 Å². The largest absolute Gasteiger partial charge is 0.341 e. The zero-order valence-electron chi connectivity index (χ0n) is 14.0. The van der Waals surface area contributed by atoms with Crippen molar-refractivity contribution >= 4 is 23.0 Å². The zero-order chi connectivity index (χ0) is 17.1. The van der Waals surface area contributed by atoms with Crippen LogP contribution in [0.5, 0.6) is 0 Å². The minimum atomic E-state index is 0.00506. The quantitative estimate of drug-likeness (QED) is 0.761. The Hall–Kier alpha value is -3.07. The molecular weight excluding hydrogens is 308 g/mol. The SMILES string of the molecule is O=C(Cc1ccccc1)Nc1ccc(N2CCc3ccccc32)cc1. The Balaban J connectivity index is 1.43. The number of fused-ring (bicyclic) bond motifs is 1. The molecule has 3 aromatic rings. The minimum absolute atomic E-state index is 0.00506. The van der Waals surface area contributed by atoms with E-state index in [4.69, 9.17) is 0 Å². The molecule has 124 valence electrons. The lowest BCUT2D eigenvalue weighted by Crippen LogP contribution is -2.15. The normalized spacial score (nSPS) is 12.7. The first-order valence-corrected chi connectivity index (χ1v) is 8.59. The van der Waals surface area contributed by atoms with Gasteiger partial charge >= 0.3 is 0 Å². The first-order valence-electron chi connectivity index (χ1n) is 8.59. The molecule has 1 heterocycles. The third kappa shape index (κ3) is 3.41. The van der Waals surface area contributed by atoms with Gasteiger partial charge in [-0.15, -0.1) is 0 Å². The highest BCUT2D eigenvalue weighted by molar-refractivity contribution is 5.92. The van der Waals surface area contributed by atoms with E-state index in [9.17, 15) is 4.79 Å². The Morgan fingerprint density at radius 3 is 2.40 bits per heavy atom. The van der Waals surface area contributed by atoms with Gasteiger partial charge in [-0.2, -0.15) is 0 Å². The molecule has 0 fully saturated rings. The molecule has 1 aliphatic rings. The summed E-state index contributed by atoms with van der Waals surface area (Å²) in [6.07, 6.45) is 1.47. The van der Waals surface area contributed by atoms with E-state index in [2.05, 4.69) is 46.6 Å². The van der Waals surface area contributed by atoms with E-state index in [1.807, 2.05) is 42.5 Å². The summed E-state index contributed by atoms with van der Waals surface area (Å²) >= 11 is 0. The molecule has 0 saturated heterocycles. The monoisotopic (exact) mass is 328 g/mol. The first kappa shape index (κ1) is 15.5. The van der Waals surface area contributed by atoms with Crippen LogP contribution in [0.2, 0.25) is 0 Å². The third-order valence-electron chi connectivity index (χ3n) is 4.56. The zero-order valence-corrected chi connectivity index (χ0v) is 14.0. The second kappa shape index (κ2) is 6.81. The molecule has 1 N–H and O–H groups in total. The van der Waals surface area contributed by atoms with Gasteiger partial charge in [-0.1, -0.05) is 48.5 Å². The Bertz CT molecular complexity index is 872. The van der Waals surface area contributed by atoms with Crippen LogP contribution in [0.4, 0.5) is 17.1 Å². The fourth-order valence-corrected chi connectivity index (χ4v) is 3.32. The van der Waals surface area contributed by atoms with Gasteiger partial charge in [0.2, 0.25) is 5.91 Å². The molecule has 3 aromatic carbocycles. The average Bonchev–Trinajstić information content (AvgIpc) is 3.07. The molecule has 0 aliphatic carbocycles. The van der Waals surface area contributed by atoms with Crippen molar-refractivity contribution in [3.63, 3.8) is 0 Å². The number of carbonyl (C=O) groups excluding carboxylic acids is 1. The summed E-state index contributed by atoms with van der Waals surface area (Å²) in [5, 5.41) is 2.97. The number of carbonyl (C=O) groups is 1. The first-order chi connectivity index (χ1) is 12.3. The number of hydrogen-bond donors (Lipinski definition) is 1. The van der Waals surface area contributed by atoms with Crippen LogP contribution >= 0.6 is 0 Å². The Morgan fingerprint density at radius 2 is 1.60 bits per heavy atom. The lowest BCUT2D eigenvalue weighted by molar-refractivity contribution is -0.115. The fourth-order valence-electron chi connectivity index (χ4n) is 3.32. The molecule has 4 rings (SSSR count). The average molecular weight is 328 g/mol. The number of nitrogens with one attached hydrogen (secondary N) is 1. The summed E-state index contributed by atoms with van der Waals surface area (Å²) in [5.41, 5.74) is 5.68. The van der Waals surface area contributed by atoms with Crippen LogP contribution in [0.25, 0.3) is 0 Å². The van der Waals surface area contributed by atoms with Gasteiger partial charge < -0.3 is 10.2 Å². The van der Waals surface area contributed by atoms with Gasteiger partial charge in [0, 0.05) is 23.6 Å². The van der Waals surface area contributed by atoms with Gasteiger partial charge in [0.05, 0.1) is 6.42 Å². The predicted molar refractivity (Wildman–Crippen MR) is 102 cm³/mol. The van der Waals surface area contributed by atoms with Crippen molar-refractivity contribution in [3.8, 4) is 0 Å². The number of amides is 1. The van der Waals surface area contributed by atoms with Crippen molar-refractivity contribution < 1.29 is 4.79 Å². The van der Waals surface area contributed by atoms with Gasteiger partial charge in [-0.3, -0.25) is 4.79 Å².